The predicted molar refractivity (Wildman–Crippen MR) is 90.0 cm³/mol. The fraction of sp³-hybridized carbons (Fsp3) is 0.316. The molecule has 2 rings (SSSR count). The summed E-state index contributed by atoms with van der Waals surface area (Å²) >= 11 is 0. The summed E-state index contributed by atoms with van der Waals surface area (Å²) in [5.74, 6) is -0.246. The number of benzene rings is 2. The summed E-state index contributed by atoms with van der Waals surface area (Å²) < 4.78 is 0. The maximum Gasteiger partial charge on any atom is 0.335 e. The summed E-state index contributed by atoms with van der Waals surface area (Å²) in [4.78, 5) is 11.0. The van der Waals surface area contributed by atoms with E-state index < -0.39 is 5.97 Å². The first-order chi connectivity index (χ1) is 10.6. The number of carbonyl (C=O) groups is 1. The fourth-order valence-corrected chi connectivity index (χ4v) is 2.54. The van der Waals surface area contributed by atoms with E-state index in [0.717, 1.165) is 36.9 Å². The van der Waals surface area contributed by atoms with Gasteiger partial charge in [-0.2, -0.15) is 0 Å². The number of aryl methyl sites for hydroxylation is 1. The van der Waals surface area contributed by atoms with Crippen LogP contribution >= 0.6 is 0 Å². The molecule has 0 radical (unpaired) electrons. The van der Waals surface area contributed by atoms with Crippen molar-refractivity contribution in [1.29, 1.82) is 0 Å². The first-order valence-electron chi connectivity index (χ1n) is 7.73. The third kappa shape index (κ3) is 4.43. The first kappa shape index (κ1) is 16.2. The van der Waals surface area contributed by atoms with Gasteiger partial charge in [0, 0.05) is 0 Å². The Hall–Kier alpha value is -2.13. The molecule has 0 saturated heterocycles. The molecular formula is C19H23NO2. The highest BCUT2D eigenvalue weighted by molar-refractivity contribution is 5.89. The van der Waals surface area contributed by atoms with Crippen molar-refractivity contribution in [3.63, 3.8) is 0 Å². The molecule has 3 nitrogen and oxygen atoms in total. The Labute approximate surface area is 131 Å². The number of carboxylic acids is 1. The van der Waals surface area contributed by atoms with Crippen LogP contribution in [0.15, 0.2) is 48.5 Å². The van der Waals surface area contributed by atoms with E-state index in [-0.39, 0.29) is 0 Å². The Balaban J connectivity index is 2.05. The van der Waals surface area contributed by atoms with Crippen LogP contribution in [0, 0.1) is 5.92 Å². The summed E-state index contributed by atoms with van der Waals surface area (Å²) in [5, 5.41) is 9.06. The van der Waals surface area contributed by atoms with Crippen LogP contribution in [0.25, 0.3) is 11.1 Å². The average molecular weight is 297 g/mol. The van der Waals surface area contributed by atoms with Gasteiger partial charge in [0.25, 0.3) is 0 Å². The van der Waals surface area contributed by atoms with Gasteiger partial charge in [0.2, 0.25) is 0 Å². The molecule has 2 aromatic rings. The summed E-state index contributed by atoms with van der Waals surface area (Å²) in [6, 6.07) is 15.4. The smallest absolute Gasteiger partial charge is 0.335 e. The number of hydrogen-bond donors (Lipinski definition) is 2. The van der Waals surface area contributed by atoms with Crippen molar-refractivity contribution in [3.8, 4) is 11.1 Å². The molecule has 116 valence electrons. The van der Waals surface area contributed by atoms with E-state index in [1.165, 1.54) is 5.56 Å². The summed E-state index contributed by atoms with van der Waals surface area (Å²) in [6.07, 6.45) is 3.27. The van der Waals surface area contributed by atoms with E-state index in [9.17, 15) is 4.79 Å². The van der Waals surface area contributed by atoms with Gasteiger partial charge >= 0.3 is 5.97 Å². The molecule has 3 heteroatoms. The lowest BCUT2D eigenvalue weighted by atomic mass is 9.96. The normalized spacial score (nSPS) is 12.1. The van der Waals surface area contributed by atoms with Crippen molar-refractivity contribution in [2.45, 2.75) is 26.2 Å². The highest BCUT2D eigenvalue weighted by atomic mass is 16.4. The molecule has 0 heterocycles. The van der Waals surface area contributed by atoms with Crippen molar-refractivity contribution in [1.82, 2.24) is 0 Å². The second-order valence-corrected chi connectivity index (χ2v) is 5.80. The van der Waals surface area contributed by atoms with E-state index in [4.69, 9.17) is 10.8 Å². The molecule has 0 amide bonds. The van der Waals surface area contributed by atoms with Gasteiger partial charge in [-0.3, -0.25) is 0 Å². The Morgan fingerprint density at radius 3 is 2.45 bits per heavy atom. The standard InChI is InChI=1S/C19H23NO2/c1-14(11-12-20)5-6-15-7-9-16(10-8-15)17-3-2-4-18(13-17)19(21)22/h2-4,7-10,13-14H,5-6,11-12,20H2,1H3,(H,21,22). The lowest BCUT2D eigenvalue weighted by molar-refractivity contribution is 0.0697. The minimum absolute atomic E-state index is 0.317. The molecule has 3 N–H and O–H groups in total. The van der Waals surface area contributed by atoms with Gasteiger partial charge < -0.3 is 10.8 Å². The van der Waals surface area contributed by atoms with Crippen LogP contribution in [0.1, 0.15) is 35.7 Å². The van der Waals surface area contributed by atoms with E-state index in [0.29, 0.717) is 11.5 Å². The second kappa shape index (κ2) is 7.76. The highest BCUT2D eigenvalue weighted by Crippen LogP contribution is 2.22. The van der Waals surface area contributed by atoms with Gasteiger partial charge in [0.05, 0.1) is 5.56 Å². The van der Waals surface area contributed by atoms with Gasteiger partial charge in [-0.25, -0.2) is 4.79 Å². The van der Waals surface area contributed by atoms with Crippen LogP contribution in [-0.4, -0.2) is 17.6 Å². The zero-order chi connectivity index (χ0) is 15.9. The van der Waals surface area contributed by atoms with Crippen LogP contribution in [-0.2, 0) is 6.42 Å². The SMILES string of the molecule is CC(CCN)CCc1ccc(-c2cccc(C(=O)O)c2)cc1. The molecular weight excluding hydrogens is 274 g/mol. The van der Waals surface area contributed by atoms with Crippen molar-refractivity contribution < 1.29 is 9.90 Å². The third-order valence-corrected chi connectivity index (χ3v) is 3.98. The Morgan fingerprint density at radius 1 is 1.09 bits per heavy atom. The van der Waals surface area contributed by atoms with E-state index in [1.54, 1.807) is 18.2 Å². The minimum Gasteiger partial charge on any atom is -0.478 e. The second-order valence-electron chi connectivity index (χ2n) is 5.80. The van der Waals surface area contributed by atoms with Crippen molar-refractivity contribution >= 4 is 5.97 Å². The maximum atomic E-state index is 11.0. The highest BCUT2D eigenvalue weighted by Gasteiger charge is 2.05. The average Bonchev–Trinajstić information content (AvgIpc) is 2.54. The predicted octanol–water partition coefficient (Wildman–Crippen LogP) is 3.97. The molecule has 0 aliphatic rings. The summed E-state index contributed by atoms with van der Waals surface area (Å²) in [5.41, 5.74) is 9.18. The Bertz CT molecular complexity index is 620. The molecule has 1 atom stereocenters. The molecule has 22 heavy (non-hydrogen) atoms. The molecule has 0 fully saturated rings. The molecule has 2 aromatic carbocycles. The zero-order valence-corrected chi connectivity index (χ0v) is 13.0. The molecule has 0 saturated carbocycles. The number of aromatic carboxylic acids is 1. The maximum absolute atomic E-state index is 11.0. The van der Waals surface area contributed by atoms with E-state index in [1.807, 2.05) is 6.07 Å². The van der Waals surface area contributed by atoms with Gasteiger partial charge in [-0.05, 0) is 60.5 Å². The van der Waals surface area contributed by atoms with Crippen LogP contribution in [0.4, 0.5) is 0 Å². The molecule has 0 aliphatic carbocycles. The lowest BCUT2D eigenvalue weighted by Gasteiger charge is -2.10. The molecule has 0 spiro atoms. The minimum atomic E-state index is -0.896. The van der Waals surface area contributed by atoms with E-state index >= 15 is 0 Å². The first-order valence-corrected chi connectivity index (χ1v) is 7.73. The van der Waals surface area contributed by atoms with Crippen molar-refractivity contribution in [3.05, 3.63) is 59.7 Å². The van der Waals surface area contributed by atoms with Gasteiger partial charge in [-0.1, -0.05) is 43.3 Å². The third-order valence-electron chi connectivity index (χ3n) is 3.98. The topological polar surface area (TPSA) is 63.3 Å². The number of hydrogen-bond acceptors (Lipinski definition) is 2. The quantitative estimate of drug-likeness (QED) is 0.812. The number of nitrogens with two attached hydrogens (primary N) is 1. The lowest BCUT2D eigenvalue weighted by Crippen LogP contribution is -2.06. The van der Waals surface area contributed by atoms with Crippen LogP contribution in [0.3, 0.4) is 0 Å². The zero-order valence-electron chi connectivity index (χ0n) is 13.0. The van der Waals surface area contributed by atoms with Gasteiger partial charge in [-0.15, -0.1) is 0 Å². The summed E-state index contributed by atoms with van der Waals surface area (Å²) in [6.45, 7) is 2.98. The monoisotopic (exact) mass is 297 g/mol. The fourth-order valence-electron chi connectivity index (χ4n) is 2.54. The Morgan fingerprint density at radius 2 is 1.82 bits per heavy atom. The number of carboxylic acid groups (broad SMARTS) is 1. The van der Waals surface area contributed by atoms with Crippen LogP contribution in [0.5, 0.6) is 0 Å². The molecule has 0 bridgehead atoms. The van der Waals surface area contributed by atoms with Crippen molar-refractivity contribution in [2.24, 2.45) is 11.7 Å². The number of rotatable bonds is 7. The molecule has 0 aliphatic heterocycles. The van der Waals surface area contributed by atoms with Crippen LogP contribution in [0.2, 0.25) is 0 Å². The Kier molecular flexibility index (Phi) is 5.73. The molecule has 0 aromatic heterocycles. The van der Waals surface area contributed by atoms with Gasteiger partial charge in [0.15, 0.2) is 0 Å². The van der Waals surface area contributed by atoms with Crippen LogP contribution < -0.4 is 5.73 Å². The molecule has 1 unspecified atom stereocenters. The van der Waals surface area contributed by atoms with Gasteiger partial charge in [0.1, 0.15) is 0 Å². The van der Waals surface area contributed by atoms with E-state index in [2.05, 4.69) is 31.2 Å². The largest absolute Gasteiger partial charge is 0.478 e. The van der Waals surface area contributed by atoms with Crippen molar-refractivity contribution in [2.75, 3.05) is 6.54 Å². The summed E-state index contributed by atoms with van der Waals surface area (Å²) in [7, 11) is 0.